The Morgan fingerprint density at radius 1 is 0.839 bits per heavy atom. The zero-order chi connectivity index (χ0) is 22.2. The minimum atomic E-state index is -0.324. The summed E-state index contributed by atoms with van der Waals surface area (Å²) in [6, 6.07) is 24.2. The number of hydrogen-bond donors (Lipinski definition) is 2. The van der Waals surface area contributed by atoms with Crippen LogP contribution in [-0.2, 0) is 4.79 Å². The van der Waals surface area contributed by atoms with Crippen LogP contribution < -0.4 is 15.4 Å². The molecule has 3 aromatic carbocycles. The number of para-hydroxylation sites is 2. The molecule has 0 bridgehead atoms. The molecule has 0 saturated heterocycles. The molecule has 5 nitrogen and oxygen atoms in total. The van der Waals surface area contributed by atoms with Crippen molar-refractivity contribution in [2.45, 2.75) is 32.7 Å². The molecule has 0 aliphatic rings. The van der Waals surface area contributed by atoms with Crippen LogP contribution in [-0.4, -0.2) is 18.4 Å². The number of amides is 2. The summed E-state index contributed by atoms with van der Waals surface area (Å²) >= 11 is 0. The van der Waals surface area contributed by atoms with Gasteiger partial charge in [0.15, 0.2) is 6.61 Å². The zero-order valence-corrected chi connectivity index (χ0v) is 18.1. The Morgan fingerprint density at radius 2 is 1.48 bits per heavy atom. The third-order valence-corrected chi connectivity index (χ3v) is 4.99. The van der Waals surface area contributed by atoms with Crippen LogP contribution in [0, 0.1) is 0 Å². The van der Waals surface area contributed by atoms with Gasteiger partial charge in [0, 0.05) is 0 Å². The molecule has 2 N–H and O–H groups in total. The minimum Gasteiger partial charge on any atom is -0.483 e. The van der Waals surface area contributed by atoms with Gasteiger partial charge in [-0.15, -0.1) is 0 Å². The van der Waals surface area contributed by atoms with Crippen molar-refractivity contribution in [2.75, 3.05) is 11.9 Å². The molecule has 0 spiro atoms. The number of carbonyl (C=O) groups is 2. The number of carbonyl (C=O) groups excluding carboxylic acids is 2. The molecule has 0 unspecified atom stereocenters. The van der Waals surface area contributed by atoms with E-state index in [1.165, 1.54) is 0 Å². The van der Waals surface area contributed by atoms with E-state index in [4.69, 9.17) is 4.74 Å². The predicted molar refractivity (Wildman–Crippen MR) is 123 cm³/mol. The molecular formula is C26H28N2O3. The van der Waals surface area contributed by atoms with Gasteiger partial charge in [0.05, 0.1) is 17.3 Å². The van der Waals surface area contributed by atoms with Gasteiger partial charge in [-0.1, -0.05) is 74.5 Å². The van der Waals surface area contributed by atoms with Crippen LogP contribution in [0.25, 0.3) is 0 Å². The Bertz CT molecular complexity index is 1030. The summed E-state index contributed by atoms with van der Waals surface area (Å²) in [7, 11) is 0. The van der Waals surface area contributed by atoms with E-state index >= 15 is 0 Å². The van der Waals surface area contributed by atoms with Crippen molar-refractivity contribution in [3.05, 3.63) is 95.6 Å². The molecular weight excluding hydrogens is 388 g/mol. The van der Waals surface area contributed by atoms with Crippen molar-refractivity contribution in [1.29, 1.82) is 0 Å². The summed E-state index contributed by atoms with van der Waals surface area (Å²) in [6.07, 6.45) is 0. The lowest BCUT2D eigenvalue weighted by molar-refractivity contribution is -0.118. The van der Waals surface area contributed by atoms with Gasteiger partial charge in [0.2, 0.25) is 0 Å². The van der Waals surface area contributed by atoms with Crippen molar-refractivity contribution in [3.63, 3.8) is 0 Å². The van der Waals surface area contributed by atoms with Gasteiger partial charge in [0.25, 0.3) is 11.8 Å². The summed E-state index contributed by atoms with van der Waals surface area (Å²) in [5, 5.41) is 5.78. The first-order chi connectivity index (χ1) is 15.0. The number of hydrogen-bond acceptors (Lipinski definition) is 3. The van der Waals surface area contributed by atoms with E-state index in [0.29, 0.717) is 17.0 Å². The van der Waals surface area contributed by atoms with Gasteiger partial charge in [-0.2, -0.15) is 0 Å². The quantitative estimate of drug-likeness (QED) is 0.522. The zero-order valence-electron chi connectivity index (χ0n) is 18.1. The van der Waals surface area contributed by atoms with E-state index < -0.39 is 0 Å². The first-order valence-electron chi connectivity index (χ1n) is 10.4. The highest BCUT2D eigenvalue weighted by Gasteiger charge is 2.16. The molecule has 0 radical (unpaired) electrons. The Hall–Kier alpha value is -3.60. The first-order valence-corrected chi connectivity index (χ1v) is 10.4. The molecule has 5 heteroatoms. The maximum atomic E-state index is 12.8. The van der Waals surface area contributed by atoms with Crippen LogP contribution in [0.1, 0.15) is 54.2 Å². The van der Waals surface area contributed by atoms with Crippen LogP contribution in [0.4, 0.5) is 5.69 Å². The molecule has 0 fully saturated rings. The molecule has 31 heavy (non-hydrogen) atoms. The lowest BCUT2D eigenvalue weighted by atomic mass is 10.0. The van der Waals surface area contributed by atoms with E-state index in [1.807, 2.05) is 61.5 Å². The second-order valence-corrected chi connectivity index (χ2v) is 7.68. The molecule has 2 amide bonds. The fourth-order valence-corrected chi connectivity index (χ4v) is 3.31. The van der Waals surface area contributed by atoms with Crippen molar-refractivity contribution in [1.82, 2.24) is 5.32 Å². The lowest BCUT2D eigenvalue weighted by Crippen LogP contribution is -2.28. The van der Waals surface area contributed by atoms with Gasteiger partial charge in [0.1, 0.15) is 5.75 Å². The van der Waals surface area contributed by atoms with Crippen LogP contribution in [0.3, 0.4) is 0 Å². The second kappa shape index (κ2) is 10.4. The van der Waals surface area contributed by atoms with E-state index in [9.17, 15) is 9.59 Å². The highest BCUT2D eigenvalue weighted by Crippen LogP contribution is 2.26. The average molecular weight is 417 g/mol. The highest BCUT2D eigenvalue weighted by atomic mass is 16.5. The Kier molecular flexibility index (Phi) is 7.44. The van der Waals surface area contributed by atoms with Crippen LogP contribution in [0.5, 0.6) is 5.75 Å². The van der Waals surface area contributed by atoms with Crippen molar-refractivity contribution >= 4 is 17.5 Å². The fourth-order valence-electron chi connectivity index (χ4n) is 3.31. The normalized spacial score (nSPS) is 11.6. The van der Waals surface area contributed by atoms with Crippen molar-refractivity contribution < 1.29 is 14.3 Å². The first kappa shape index (κ1) is 22.1. The monoisotopic (exact) mass is 416 g/mol. The number of anilines is 1. The standard InChI is InChI=1S/C26H28N2O3/c1-18(2)21-13-8-10-16-24(21)31-17-25(29)28-23-15-9-7-14-22(23)26(30)27-19(3)20-11-5-4-6-12-20/h4-16,18-19H,17H2,1-3H3,(H,27,30)(H,28,29)/t19-/m0/s1. The number of rotatable bonds is 8. The van der Waals surface area contributed by atoms with Crippen LogP contribution >= 0.6 is 0 Å². The summed E-state index contributed by atoms with van der Waals surface area (Å²) in [5.41, 5.74) is 2.91. The van der Waals surface area contributed by atoms with Gasteiger partial charge >= 0.3 is 0 Å². The number of ether oxygens (including phenoxy) is 1. The lowest BCUT2D eigenvalue weighted by Gasteiger charge is -2.17. The summed E-state index contributed by atoms with van der Waals surface area (Å²) in [6.45, 7) is 5.94. The van der Waals surface area contributed by atoms with Crippen molar-refractivity contribution in [3.8, 4) is 5.75 Å². The molecule has 3 aromatic rings. The summed E-state index contributed by atoms with van der Waals surface area (Å²) < 4.78 is 5.74. The van der Waals surface area contributed by atoms with Gasteiger partial charge in [-0.25, -0.2) is 0 Å². The Labute approximate surface area is 183 Å². The minimum absolute atomic E-state index is 0.139. The van der Waals surface area contributed by atoms with Crippen LogP contribution in [0.15, 0.2) is 78.9 Å². The highest BCUT2D eigenvalue weighted by molar-refractivity contribution is 6.04. The van der Waals surface area contributed by atoms with Crippen molar-refractivity contribution in [2.24, 2.45) is 0 Å². The third kappa shape index (κ3) is 5.95. The van der Waals surface area contributed by atoms with E-state index in [-0.39, 0.29) is 30.4 Å². The van der Waals surface area contributed by atoms with Gasteiger partial charge in [-0.3, -0.25) is 9.59 Å². The van der Waals surface area contributed by atoms with Gasteiger partial charge in [-0.05, 0) is 42.2 Å². The van der Waals surface area contributed by atoms with E-state index in [2.05, 4.69) is 24.5 Å². The largest absolute Gasteiger partial charge is 0.483 e. The summed E-state index contributed by atoms with van der Waals surface area (Å²) in [5.74, 6) is 0.402. The number of benzene rings is 3. The maximum absolute atomic E-state index is 12.8. The molecule has 160 valence electrons. The Morgan fingerprint density at radius 3 is 2.23 bits per heavy atom. The summed E-state index contributed by atoms with van der Waals surface area (Å²) in [4.78, 5) is 25.4. The smallest absolute Gasteiger partial charge is 0.262 e. The molecule has 0 aromatic heterocycles. The predicted octanol–water partition coefficient (Wildman–Crippen LogP) is 5.32. The molecule has 0 heterocycles. The second-order valence-electron chi connectivity index (χ2n) is 7.68. The molecule has 0 aliphatic carbocycles. The fraction of sp³-hybridized carbons (Fsp3) is 0.231. The molecule has 0 saturated carbocycles. The molecule has 3 rings (SSSR count). The Balaban J connectivity index is 1.65. The average Bonchev–Trinajstić information content (AvgIpc) is 2.78. The number of nitrogens with one attached hydrogen (secondary N) is 2. The van der Waals surface area contributed by atoms with E-state index in [0.717, 1.165) is 11.1 Å². The van der Waals surface area contributed by atoms with Gasteiger partial charge < -0.3 is 15.4 Å². The topological polar surface area (TPSA) is 67.4 Å². The third-order valence-electron chi connectivity index (χ3n) is 4.99. The molecule has 0 aliphatic heterocycles. The SMILES string of the molecule is CC(C)c1ccccc1OCC(=O)Nc1ccccc1C(=O)N[C@@H](C)c1ccccc1. The van der Waals surface area contributed by atoms with Crippen LogP contribution in [0.2, 0.25) is 0 Å². The molecule has 1 atom stereocenters. The van der Waals surface area contributed by atoms with E-state index in [1.54, 1.807) is 24.3 Å². The maximum Gasteiger partial charge on any atom is 0.262 e.